The SMILES string of the molecule is Cc1cccc(NC(=O)CSc2n[nH]c(=O)c3cc(-c4ccc(C(C)C)cc4)nn23)c1. The van der Waals surface area contributed by atoms with Crippen molar-refractivity contribution in [3.63, 3.8) is 0 Å². The molecular formula is C23H23N5O2S. The van der Waals surface area contributed by atoms with Crippen molar-refractivity contribution >= 4 is 28.9 Å². The Hall–Kier alpha value is -3.39. The van der Waals surface area contributed by atoms with Gasteiger partial charge in [-0.25, -0.2) is 9.61 Å². The lowest BCUT2D eigenvalue weighted by Crippen LogP contribution is -2.17. The lowest BCUT2D eigenvalue weighted by atomic mass is 10.0. The van der Waals surface area contributed by atoms with Crippen LogP contribution in [0.5, 0.6) is 0 Å². The standard InChI is InChI=1S/C23H23N5O2S/c1-14(2)16-7-9-17(10-8-16)19-12-20-22(30)25-26-23(28(20)27-19)31-13-21(29)24-18-6-4-5-15(3)11-18/h4-12,14H,13H2,1-3H3,(H,24,29)(H,25,30). The average Bonchev–Trinajstić information content (AvgIpc) is 3.20. The molecule has 2 aromatic carbocycles. The minimum Gasteiger partial charge on any atom is -0.325 e. The molecule has 0 spiro atoms. The number of aromatic amines is 1. The van der Waals surface area contributed by atoms with Crippen LogP contribution in [0.25, 0.3) is 16.8 Å². The number of benzene rings is 2. The fraction of sp³-hybridized carbons (Fsp3) is 0.217. The number of H-pyrrole nitrogens is 1. The van der Waals surface area contributed by atoms with Gasteiger partial charge in [0.1, 0.15) is 5.52 Å². The van der Waals surface area contributed by atoms with Crippen LogP contribution in [0.2, 0.25) is 0 Å². The quantitative estimate of drug-likeness (QED) is 0.444. The van der Waals surface area contributed by atoms with E-state index in [0.717, 1.165) is 16.8 Å². The van der Waals surface area contributed by atoms with Crippen molar-refractivity contribution in [1.82, 2.24) is 19.8 Å². The summed E-state index contributed by atoms with van der Waals surface area (Å²) in [5.41, 5.74) is 4.71. The van der Waals surface area contributed by atoms with Gasteiger partial charge in [0.15, 0.2) is 0 Å². The predicted molar refractivity (Wildman–Crippen MR) is 124 cm³/mol. The normalized spacial score (nSPS) is 11.2. The number of aromatic nitrogens is 4. The molecule has 0 saturated heterocycles. The number of rotatable bonds is 6. The Kier molecular flexibility index (Phi) is 5.90. The van der Waals surface area contributed by atoms with Crippen molar-refractivity contribution in [1.29, 1.82) is 0 Å². The third-order valence-electron chi connectivity index (χ3n) is 4.88. The number of carbonyl (C=O) groups is 1. The highest BCUT2D eigenvalue weighted by molar-refractivity contribution is 7.99. The number of anilines is 1. The van der Waals surface area contributed by atoms with Crippen molar-refractivity contribution in [3.8, 4) is 11.3 Å². The van der Waals surface area contributed by atoms with Crippen LogP contribution in [0.4, 0.5) is 5.69 Å². The van der Waals surface area contributed by atoms with Crippen molar-refractivity contribution in [3.05, 3.63) is 76.1 Å². The molecule has 0 aliphatic heterocycles. The molecule has 4 aromatic rings. The maximum atomic E-state index is 12.4. The van der Waals surface area contributed by atoms with E-state index in [1.165, 1.54) is 21.8 Å². The Morgan fingerprint density at radius 1 is 1.16 bits per heavy atom. The van der Waals surface area contributed by atoms with E-state index in [1.807, 2.05) is 43.3 Å². The topological polar surface area (TPSA) is 92.1 Å². The van der Waals surface area contributed by atoms with E-state index in [9.17, 15) is 9.59 Å². The molecule has 0 radical (unpaired) electrons. The van der Waals surface area contributed by atoms with Gasteiger partial charge in [-0.05, 0) is 42.2 Å². The van der Waals surface area contributed by atoms with Crippen LogP contribution in [0.15, 0.2) is 64.5 Å². The van der Waals surface area contributed by atoms with Gasteiger partial charge in [-0.2, -0.15) is 5.10 Å². The largest absolute Gasteiger partial charge is 0.325 e. The highest BCUT2D eigenvalue weighted by atomic mass is 32.2. The van der Waals surface area contributed by atoms with Gasteiger partial charge in [0.2, 0.25) is 11.1 Å². The van der Waals surface area contributed by atoms with Crippen LogP contribution in [-0.2, 0) is 4.79 Å². The van der Waals surface area contributed by atoms with E-state index in [0.29, 0.717) is 22.3 Å². The Morgan fingerprint density at radius 3 is 2.65 bits per heavy atom. The molecule has 158 valence electrons. The number of thioether (sulfide) groups is 1. The van der Waals surface area contributed by atoms with Gasteiger partial charge >= 0.3 is 0 Å². The zero-order valence-corrected chi connectivity index (χ0v) is 18.4. The van der Waals surface area contributed by atoms with E-state index < -0.39 is 0 Å². The van der Waals surface area contributed by atoms with E-state index in [2.05, 4.69) is 46.6 Å². The lowest BCUT2D eigenvalue weighted by Gasteiger charge is -2.06. The molecule has 1 amide bonds. The molecule has 2 aromatic heterocycles. The van der Waals surface area contributed by atoms with Gasteiger partial charge in [0.25, 0.3) is 5.56 Å². The summed E-state index contributed by atoms with van der Waals surface area (Å²) in [4.78, 5) is 24.6. The summed E-state index contributed by atoms with van der Waals surface area (Å²) in [7, 11) is 0. The molecule has 0 fully saturated rings. The number of hydrogen-bond acceptors (Lipinski definition) is 5. The zero-order valence-electron chi connectivity index (χ0n) is 17.5. The predicted octanol–water partition coefficient (Wildman–Crippen LogP) is 4.25. The van der Waals surface area contributed by atoms with Crippen LogP contribution in [0.1, 0.15) is 30.9 Å². The molecule has 7 nitrogen and oxygen atoms in total. The Balaban J connectivity index is 1.55. The number of amides is 1. The summed E-state index contributed by atoms with van der Waals surface area (Å²) in [6.07, 6.45) is 0. The first-order chi connectivity index (χ1) is 14.9. The lowest BCUT2D eigenvalue weighted by molar-refractivity contribution is -0.113. The van der Waals surface area contributed by atoms with Crippen LogP contribution in [0, 0.1) is 6.92 Å². The van der Waals surface area contributed by atoms with Crippen LogP contribution in [-0.4, -0.2) is 31.5 Å². The molecule has 0 atom stereocenters. The summed E-state index contributed by atoms with van der Waals surface area (Å²) < 4.78 is 1.50. The number of aryl methyl sites for hydroxylation is 1. The first-order valence-electron chi connectivity index (χ1n) is 9.99. The van der Waals surface area contributed by atoms with Crippen LogP contribution in [0.3, 0.4) is 0 Å². The number of carbonyl (C=O) groups excluding carboxylic acids is 1. The van der Waals surface area contributed by atoms with Crippen LogP contribution >= 0.6 is 11.8 Å². The van der Waals surface area contributed by atoms with E-state index >= 15 is 0 Å². The first kappa shape index (κ1) is 20.9. The summed E-state index contributed by atoms with van der Waals surface area (Å²) in [5, 5.41) is 14.5. The third-order valence-corrected chi connectivity index (χ3v) is 5.81. The second kappa shape index (κ2) is 8.77. The van der Waals surface area contributed by atoms with Crippen molar-refractivity contribution in [2.45, 2.75) is 31.8 Å². The molecule has 4 rings (SSSR count). The molecule has 2 N–H and O–H groups in total. The van der Waals surface area contributed by atoms with Gasteiger partial charge in [0.05, 0.1) is 11.4 Å². The minimum atomic E-state index is -0.328. The molecule has 0 saturated carbocycles. The smallest absolute Gasteiger partial charge is 0.290 e. The number of fused-ring (bicyclic) bond motifs is 1. The van der Waals surface area contributed by atoms with Crippen molar-refractivity contribution < 1.29 is 4.79 Å². The molecule has 0 unspecified atom stereocenters. The first-order valence-corrected chi connectivity index (χ1v) is 11.0. The second-order valence-corrected chi connectivity index (χ2v) is 8.59. The van der Waals surface area contributed by atoms with Gasteiger partial charge in [0, 0.05) is 11.3 Å². The van der Waals surface area contributed by atoms with Gasteiger partial charge < -0.3 is 5.32 Å². The van der Waals surface area contributed by atoms with Crippen LogP contribution < -0.4 is 10.9 Å². The summed E-state index contributed by atoms with van der Waals surface area (Å²) in [5.74, 6) is 0.421. The molecule has 0 aliphatic rings. The third kappa shape index (κ3) is 4.69. The Labute approximate surface area is 183 Å². The van der Waals surface area contributed by atoms with Crippen molar-refractivity contribution in [2.24, 2.45) is 0 Å². The van der Waals surface area contributed by atoms with E-state index in [4.69, 9.17) is 0 Å². The number of nitrogens with zero attached hydrogens (tertiary/aromatic N) is 3. The van der Waals surface area contributed by atoms with E-state index in [1.54, 1.807) is 6.07 Å². The average molecular weight is 434 g/mol. The molecule has 0 bridgehead atoms. The Morgan fingerprint density at radius 2 is 1.94 bits per heavy atom. The second-order valence-electron chi connectivity index (χ2n) is 7.64. The zero-order chi connectivity index (χ0) is 22.0. The molecular weight excluding hydrogens is 410 g/mol. The Bertz CT molecular complexity index is 1290. The fourth-order valence-corrected chi connectivity index (χ4v) is 3.92. The van der Waals surface area contributed by atoms with Gasteiger partial charge in [-0.15, -0.1) is 5.10 Å². The maximum absolute atomic E-state index is 12.4. The molecule has 31 heavy (non-hydrogen) atoms. The van der Waals surface area contributed by atoms with Crippen molar-refractivity contribution in [2.75, 3.05) is 11.1 Å². The maximum Gasteiger partial charge on any atom is 0.290 e. The summed E-state index contributed by atoms with van der Waals surface area (Å²) >= 11 is 1.21. The minimum absolute atomic E-state index is 0.139. The van der Waals surface area contributed by atoms with E-state index in [-0.39, 0.29) is 17.2 Å². The highest BCUT2D eigenvalue weighted by Crippen LogP contribution is 2.24. The molecule has 0 aliphatic carbocycles. The van der Waals surface area contributed by atoms with Gasteiger partial charge in [-0.3, -0.25) is 9.59 Å². The monoisotopic (exact) mass is 433 g/mol. The molecule has 2 heterocycles. The molecule has 8 heteroatoms. The number of nitrogens with one attached hydrogen (secondary N) is 2. The summed E-state index contributed by atoms with van der Waals surface area (Å²) in [6, 6.07) is 17.5. The fourth-order valence-electron chi connectivity index (χ4n) is 3.22. The summed E-state index contributed by atoms with van der Waals surface area (Å²) in [6.45, 7) is 6.25. The number of hydrogen-bond donors (Lipinski definition) is 2. The highest BCUT2D eigenvalue weighted by Gasteiger charge is 2.14. The van der Waals surface area contributed by atoms with Gasteiger partial charge in [-0.1, -0.05) is 62.0 Å².